The normalized spacial score (nSPS) is 19.2. The Hall–Kier alpha value is -2.22. The Balaban J connectivity index is 1.73. The van der Waals surface area contributed by atoms with Gasteiger partial charge < -0.3 is 14.4 Å². The van der Waals surface area contributed by atoms with Crippen LogP contribution in [-0.4, -0.2) is 45.5 Å². The van der Waals surface area contributed by atoms with Crippen LogP contribution in [0.3, 0.4) is 0 Å². The van der Waals surface area contributed by atoms with E-state index in [0.717, 1.165) is 5.56 Å². The molecule has 1 saturated heterocycles. The Kier molecular flexibility index (Phi) is 7.28. The molecule has 0 N–H and O–H groups in total. The van der Waals surface area contributed by atoms with Gasteiger partial charge in [0.05, 0.1) is 4.92 Å². The van der Waals surface area contributed by atoms with E-state index in [1.165, 1.54) is 12.1 Å². The zero-order valence-electron chi connectivity index (χ0n) is 15.7. The van der Waals surface area contributed by atoms with Gasteiger partial charge in [0.15, 0.2) is 0 Å². The van der Waals surface area contributed by atoms with Gasteiger partial charge in [-0.3, -0.25) is 10.1 Å². The summed E-state index contributed by atoms with van der Waals surface area (Å²) in [7, 11) is 0. The monoisotopic (exact) mass is 472 g/mol. The van der Waals surface area contributed by atoms with Gasteiger partial charge in [0, 0.05) is 37.6 Å². The summed E-state index contributed by atoms with van der Waals surface area (Å²) in [5, 5.41) is 10.8. The largest absolute Gasteiger partial charge is 0.490 e. The lowest BCUT2D eigenvalue weighted by atomic mass is 9.88. The number of nitro groups is 1. The third-order valence-corrected chi connectivity index (χ3v) is 5.06. The first-order valence-electron chi connectivity index (χ1n) is 9.17. The lowest BCUT2D eigenvalue weighted by Crippen LogP contribution is -2.47. The van der Waals surface area contributed by atoms with Crippen LogP contribution in [0.1, 0.15) is 17.9 Å². The third-order valence-electron chi connectivity index (χ3n) is 4.73. The van der Waals surface area contributed by atoms with E-state index < -0.39 is 14.8 Å². The first-order valence-corrected chi connectivity index (χ1v) is 10.3. The fourth-order valence-electron chi connectivity index (χ4n) is 3.31. The molecule has 3 rings (SSSR count). The number of benzene rings is 2. The topological polar surface area (TPSA) is 81.9 Å². The molecular formula is C20H19Cl3N2O5. The smallest absolute Gasteiger partial charge is 0.409 e. The van der Waals surface area contributed by atoms with Crippen molar-refractivity contribution in [1.82, 2.24) is 4.90 Å². The minimum Gasteiger partial charge on any atom is -0.490 e. The van der Waals surface area contributed by atoms with Crippen molar-refractivity contribution in [3.63, 3.8) is 0 Å². The first kappa shape index (κ1) is 22.5. The van der Waals surface area contributed by atoms with E-state index in [1.54, 1.807) is 17.0 Å². The van der Waals surface area contributed by atoms with Crippen LogP contribution in [0.2, 0.25) is 0 Å². The van der Waals surface area contributed by atoms with Crippen LogP contribution < -0.4 is 4.74 Å². The fourth-order valence-corrected chi connectivity index (χ4v) is 3.48. The molecule has 0 aliphatic carbocycles. The van der Waals surface area contributed by atoms with E-state index >= 15 is 0 Å². The van der Waals surface area contributed by atoms with Crippen molar-refractivity contribution in [3.05, 3.63) is 70.3 Å². The van der Waals surface area contributed by atoms with Crippen LogP contribution in [0.25, 0.3) is 0 Å². The van der Waals surface area contributed by atoms with Crippen molar-refractivity contribution in [3.8, 4) is 5.75 Å². The summed E-state index contributed by atoms with van der Waals surface area (Å²) in [4.78, 5) is 24.4. The number of alkyl halides is 3. The highest BCUT2D eigenvalue weighted by Crippen LogP contribution is 2.32. The number of carbonyl (C=O) groups is 1. The molecule has 0 bridgehead atoms. The summed E-state index contributed by atoms with van der Waals surface area (Å²) in [5.74, 6) is 0.397. The Bertz CT molecular complexity index is 874. The molecule has 0 radical (unpaired) electrons. The molecule has 0 aromatic heterocycles. The number of nitro benzene ring substituents is 1. The second-order valence-electron chi connectivity index (χ2n) is 6.83. The lowest BCUT2D eigenvalue weighted by Gasteiger charge is -2.38. The summed E-state index contributed by atoms with van der Waals surface area (Å²) in [6.07, 6.45) is -0.249. The molecule has 10 heteroatoms. The standard InChI is InChI=1S/C20H19Cl3N2O5/c21-20(22,23)13-29-19(26)24-11-10-18(17(12-24)14-4-2-1-3-5-14)30-16-8-6-15(7-9-16)25(27)28/h1-9,17-18H,10-13H2/t17-,18-/m1/s1. The van der Waals surface area contributed by atoms with Crippen LogP contribution in [-0.2, 0) is 4.74 Å². The molecule has 0 saturated carbocycles. The number of nitrogens with zero attached hydrogens (tertiary/aromatic N) is 2. The summed E-state index contributed by atoms with van der Waals surface area (Å²) in [5.41, 5.74) is 0.997. The molecule has 1 aliphatic rings. The van der Waals surface area contributed by atoms with Gasteiger partial charge in [-0.05, 0) is 17.7 Å². The molecule has 2 aromatic rings. The van der Waals surface area contributed by atoms with E-state index in [1.807, 2.05) is 30.3 Å². The minimum absolute atomic E-state index is 0.00604. The van der Waals surface area contributed by atoms with E-state index in [-0.39, 0.29) is 24.3 Å². The maximum absolute atomic E-state index is 12.4. The minimum atomic E-state index is -1.67. The average Bonchev–Trinajstić information content (AvgIpc) is 2.73. The number of rotatable bonds is 5. The van der Waals surface area contributed by atoms with Gasteiger partial charge in [-0.1, -0.05) is 65.1 Å². The predicted molar refractivity (Wildman–Crippen MR) is 115 cm³/mol. The van der Waals surface area contributed by atoms with Gasteiger partial charge >= 0.3 is 6.09 Å². The zero-order chi connectivity index (χ0) is 21.7. The van der Waals surface area contributed by atoms with E-state index in [4.69, 9.17) is 44.3 Å². The predicted octanol–water partition coefficient (Wildman–Crippen LogP) is 5.34. The second kappa shape index (κ2) is 9.73. The molecule has 0 unspecified atom stereocenters. The number of non-ortho nitro benzene ring substituents is 1. The third kappa shape index (κ3) is 6.14. The van der Waals surface area contributed by atoms with Crippen molar-refractivity contribution in [1.29, 1.82) is 0 Å². The SMILES string of the molecule is O=C(OCC(Cl)(Cl)Cl)N1CC[C@@H](Oc2ccc([N+](=O)[O-])cc2)[C@@H](c2ccccc2)C1. The number of hydrogen-bond donors (Lipinski definition) is 0. The first-order chi connectivity index (χ1) is 14.2. The molecule has 1 heterocycles. The number of likely N-dealkylation sites (tertiary alicyclic amines) is 1. The van der Waals surface area contributed by atoms with Crippen molar-refractivity contribution in [2.45, 2.75) is 22.2 Å². The van der Waals surface area contributed by atoms with E-state index in [0.29, 0.717) is 25.3 Å². The number of halogens is 3. The highest BCUT2D eigenvalue weighted by molar-refractivity contribution is 6.67. The Labute approximate surface area is 188 Å². The van der Waals surface area contributed by atoms with Crippen molar-refractivity contribution in [2.24, 2.45) is 0 Å². The van der Waals surface area contributed by atoms with Crippen LogP contribution in [0.4, 0.5) is 10.5 Å². The van der Waals surface area contributed by atoms with Crippen molar-refractivity contribution >= 4 is 46.6 Å². The zero-order valence-corrected chi connectivity index (χ0v) is 18.0. The van der Waals surface area contributed by atoms with Crippen LogP contribution >= 0.6 is 34.8 Å². The highest BCUT2D eigenvalue weighted by Gasteiger charge is 2.35. The van der Waals surface area contributed by atoms with Gasteiger partial charge in [-0.2, -0.15) is 0 Å². The van der Waals surface area contributed by atoms with Crippen molar-refractivity contribution in [2.75, 3.05) is 19.7 Å². The maximum atomic E-state index is 12.4. The molecule has 2 aromatic carbocycles. The quantitative estimate of drug-likeness (QED) is 0.333. The fraction of sp³-hybridized carbons (Fsp3) is 0.350. The molecule has 0 spiro atoms. The molecule has 2 atom stereocenters. The summed E-state index contributed by atoms with van der Waals surface area (Å²) in [6.45, 7) is 0.422. The number of hydrogen-bond acceptors (Lipinski definition) is 5. The van der Waals surface area contributed by atoms with E-state index in [2.05, 4.69) is 0 Å². The Morgan fingerprint density at radius 3 is 2.40 bits per heavy atom. The van der Waals surface area contributed by atoms with Crippen molar-refractivity contribution < 1.29 is 19.2 Å². The molecule has 1 aliphatic heterocycles. The van der Waals surface area contributed by atoms with Crippen LogP contribution in [0, 0.1) is 10.1 Å². The van der Waals surface area contributed by atoms with Crippen LogP contribution in [0.5, 0.6) is 5.75 Å². The molecule has 160 valence electrons. The van der Waals surface area contributed by atoms with Gasteiger partial charge in [0.25, 0.3) is 5.69 Å². The van der Waals surface area contributed by atoms with Crippen LogP contribution in [0.15, 0.2) is 54.6 Å². The Morgan fingerprint density at radius 2 is 1.80 bits per heavy atom. The van der Waals surface area contributed by atoms with Gasteiger partial charge in [-0.25, -0.2) is 4.79 Å². The summed E-state index contributed by atoms with van der Waals surface area (Å²) >= 11 is 17.0. The summed E-state index contributed by atoms with van der Waals surface area (Å²) in [6, 6.07) is 15.6. The number of piperidine rings is 1. The Morgan fingerprint density at radius 1 is 1.13 bits per heavy atom. The molecule has 7 nitrogen and oxygen atoms in total. The van der Waals surface area contributed by atoms with Gasteiger partial charge in [0.1, 0.15) is 18.5 Å². The van der Waals surface area contributed by atoms with E-state index in [9.17, 15) is 14.9 Å². The molecular weight excluding hydrogens is 455 g/mol. The highest BCUT2D eigenvalue weighted by atomic mass is 35.6. The number of amides is 1. The summed E-state index contributed by atoms with van der Waals surface area (Å²) < 4.78 is 9.57. The van der Waals surface area contributed by atoms with Gasteiger partial charge in [0.2, 0.25) is 3.79 Å². The molecule has 1 amide bonds. The van der Waals surface area contributed by atoms with Gasteiger partial charge in [-0.15, -0.1) is 0 Å². The second-order valence-corrected chi connectivity index (χ2v) is 9.35. The number of ether oxygens (including phenoxy) is 2. The number of carbonyl (C=O) groups excluding carboxylic acids is 1. The maximum Gasteiger partial charge on any atom is 0.409 e. The average molecular weight is 474 g/mol. The molecule has 30 heavy (non-hydrogen) atoms. The lowest BCUT2D eigenvalue weighted by molar-refractivity contribution is -0.384. The molecule has 1 fully saturated rings.